The number of fused-ring (bicyclic) bond motifs is 1. The van der Waals surface area contributed by atoms with Crippen LogP contribution in [0.4, 0.5) is 0 Å². The number of benzene rings is 1. The maximum absolute atomic E-state index is 12.6. The molecule has 1 amide bonds. The number of piperidine rings is 1. The van der Waals surface area contributed by atoms with E-state index in [-0.39, 0.29) is 18.4 Å². The lowest BCUT2D eigenvalue weighted by molar-refractivity contribution is -0.134. The van der Waals surface area contributed by atoms with Crippen LogP contribution in [0.5, 0.6) is 5.75 Å². The summed E-state index contributed by atoms with van der Waals surface area (Å²) in [5, 5.41) is 0. The first-order valence-corrected chi connectivity index (χ1v) is 8.94. The number of nitrogens with zero attached hydrogens (tertiary/aromatic N) is 4. The van der Waals surface area contributed by atoms with E-state index >= 15 is 0 Å². The molecule has 1 aromatic carbocycles. The van der Waals surface area contributed by atoms with E-state index in [2.05, 4.69) is 22.7 Å². The number of pyridine rings is 1. The molecule has 3 heterocycles. The molecule has 0 spiro atoms. The molecule has 0 aliphatic carbocycles. The highest BCUT2D eigenvalue weighted by Gasteiger charge is 2.28. The number of imidazole rings is 1. The number of carbonyl (C=O) groups is 1. The summed E-state index contributed by atoms with van der Waals surface area (Å²) in [6.45, 7) is 1.50. The molecule has 0 unspecified atom stereocenters. The number of hydrogen-bond donors (Lipinski definition) is 0. The van der Waals surface area contributed by atoms with E-state index in [1.165, 1.54) is 0 Å². The molecule has 0 N–H and O–H groups in total. The first-order chi connectivity index (χ1) is 12.7. The molecule has 3 aromatic rings. The first-order valence-electron chi connectivity index (χ1n) is 8.94. The lowest BCUT2D eigenvalue weighted by Gasteiger charge is -2.32. The Kier molecular flexibility index (Phi) is 4.56. The number of para-hydroxylation sites is 2. The average Bonchev–Trinajstić information content (AvgIpc) is 3.04. The second-order valence-corrected chi connectivity index (χ2v) is 6.67. The van der Waals surface area contributed by atoms with E-state index < -0.39 is 0 Å². The van der Waals surface area contributed by atoms with Gasteiger partial charge in [-0.3, -0.25) is 9.78 Å². The monoisotopic (exact) mass is 350 g/mol. The van der Waals surface area contributed by atoms with Gasteiger partial charge in [0.15, 0.2) is 6.61 Å². The summed E-state index contributed by atoms with van der Waals surface area (Å²) in [5.74, 6) is 1.93. The van der Waals surface area contributed by atoms with Gasteiger partial charge in [-0.25, -0.2) is 4.98 Å². The number of amides is 1. The summed E-state index contributed by atoms with van der Waals surface area (Å²) >= 11 is 0. The number of likely N-dealkylation sites (tertiary alicyclic amines) is 1. The molecule has 0 bridgehead atoms. The summed E-state index contributed by atoms with van der Waals surface area (Å²) in [6.07, 6.45) is 5.32. The summed E-state index contributed by atoms with van der Waals surface area (Å²) in [6, 6.07) is 11.7. The molecule has 1 fully saturated rings. The van der Waals surface area contributed by atoms with Crippen molar-refractivity contribution in [3.8, 4) is 5.75 Å². The fourth-order valence-corrected chi connectivity index (χ4v) is 3.61. The summed E-state index contributed by atoms with van der Waals surface area (Å²) in [5.41, 5.74) is 2.14. The average molecular weight is 350 g/mol. The van der Waals surface area contributed by atoms with E-state index in [0.29, 0.717) is 12.3 Å². The molecule has 1 aliphatic heterocycles. The number of rotatable bonds is 4. The van der Waals surface area contributed by atoms with Gasteiger partial charge in [0.1, 0.15) is 11.6 Å². The van der Waals surface area contributed by atoms with Crippen LogP contribution in [0.15, 0.2) is 48.8 Å². The smallest absolute Gasteiger partial charge is 0.260 e. The number of carbonyl (C=O) groups excluding carboxylic acids is 1. The Balaban J connectivity index is 1.45. The van der Waals surface area contributed by atoms with Gasteiger partial charge in [-0.2, -0.15) is 0 Å². The second kappa shape index (κ2) is 7.15. The van der Waals surface area contributed by atoms with Crippen LogP contribution in [0.1, 0.15) is 24.6 Å². The predicted octanol–water partition coefficient (Wildman–Crippen LogP) is 2.75. The molecule has 1 aliphatic rings. The van der Waals surface area contributed by atoms with Crippen molar-refractivity contribution in [1.82, 2.24) is 19.4 Å². The molecule has 2 aromatic heterocycles. The summed E-state index contributed by atoms with van der Waals surface area (Å²) in [4.78, 5) is 23.3. The van der Waals surface area contributed by atoms with Crippen LogP contribution in [0.2, 0.25) is 0 Å². The zero-order chi connectivity index (χ0) is 17.9. The summed E-state index contributed by atoms with van der Waals surface area (Å²) < 4.78 is 7.71. The van der Waals surface area contributed by atoms with E-state index in [4.69, 9.17) is 9.72 Å². The van der Waals surface area contributed by atoms with Crippen molar-refractivity contribution < 1.29 is 9.53 Å². The first kappa shape index (κ1) is 16.6. The van der Waals surface area contributed by atoms with Crippen molar-refractivity contribution in [2.75, 3.05) is 19.7 Å². The Morgan fingerprint density at radius 1 is 1.27 bits per heavy atom. The van der Waals surface area contributed by atoms with Crippen LogP contribution in [-0.4, -0.2) is 45.0 Å². The Hall–Kier alpha value is -2.89. The summed E-state index contributed by atoms with van der Waals surface area (Å²) in [7, 11) is 2.05. The molecule has 0 saturated carbocycles. The van der Waals surface area contributed by atoms with Crippen molar-refractivity contribution in [3.63, 3.8) is 0 Å². The lowest BCUT2D eigenvalue weighted by atomic mass is 9.97. The zero-order valence-corrected chi connectivity index (χ0v) is 14.8. The molecule has 4 rings (SSSR count). The molecule has 6 nitrogen and oxygen atoms in total. The van der Waals surface area contributed by atoms with Crippen LogP contribution in [0.3, 0.4) is 0 Å². The Labute approximate surface area is 152 Å². The molecule has 6 heteroatoms. The number of hydrogen-bond acceptors (Lipinski definition) is 4. The number of aryl methyl sites for hydroxylation is 1. The maximum Gasteiger partial charge on any atom is 0.260 e. The number of aromatic nitrogens is 3. The maximum atomic E-state index is 12.6. The van der Waals surface area contributed by atoms with Crippen molar-refractivity contribution in [2.45, 2.75) is 18.8 Å². The van der Waals surface area contributed by atoms with Crippen LogP contribution in [0, 0.1) is 0 Å². The van der Waals surface area contributed by atoms with Gasteiger partial charge in [0.25, 0.3) is 5.91 Å². The lowest BCUT2D eigenvalue weighted by Crippen LogP contribution is -2.42. The highest BCUT2D eigenvalue weighted by atomic mass is 16.5. The van der Waals surface area contributed by atoms with Crippen molar-refractivity contribution in [2.24, 2.45) is 7.05 Å². The minimum atomic E-state index is 0.0114. The minimum Gasteiger partial charge on any atom is -0.482 e. The van der Waals surface area contributed by atoms with E-state index in [1.807, 2.05) is 23.1 Å². The van der Waals surface area contributed by atoms with Crippen LogP contribution >= 0.6 is 0 Å². The SMILES string of the molecule is Cn1c([C@@H]2CCCN(C(=O)COc3cccnc3)C2)nc2ccccc21. The largest absolute Gasteiger partial charge is 0.482 e. The van der Waals surface area contributed by atoms with Crippen LogP contribution in [0.25, 0.3) is 11.0 Å². The van der Waals surface area contributed by atoms with Crippen molar-refractivity contribution in [3.05, 3.63) is 54.6 Å². The van der Waals surface area contributed by atoms with Gasteiger partial charge in [-0.05, 0) is 37.1 Å². The second-order valence-electron chi connectivity index (χ2n) is 6.67. The molecule has 134 valence electrons. The van der Waals surface area contributed by atoms with E-state index in [0.717, 1.165) is 36.2 Å². The van der Waals surface area contributed by atoms with Gasteiger partial charge in [0, 0.05) is 32.3 Å². The van der Waals surface area contributed by atoms with Gasteiger partial charge in [-0.1, -0.05) is 12.1 Å². The molecule has 1 saturated heterocycles. The quantitative estimate of drug-likeness (QED) is 0.726. The third kappa shape index (κ3) is 3.27. The highest BCUT2D eigenvalue weighted by molar-refractivity contribution is 5.78. The third-order valence-electron chi connectivity index (χ3n) is 4.96. The Morgan fingerprint density at radius 3 is 2.96 bits per heavy atom. The molecule has 26 heavy (non-hydrogen) atoms. The van der Waals surface area contributed by atoms with Gasteiger partial charge >= 0.3 is 0 Å². The Morgan fingerprint density at radius 2 is 2.15 bits per heavy atom. The molecule has 0 radical (unpaired) electrons. The molecule has 1 atom stereocenters. The number of ether oxygens (including phenoxy) is 1. The van der Waals surface area contributed by atoms with Gasteiger partial charge < -0.3 is 14.2 Å². The highest BCUT2D eigenvalue weighted by Crippen LogP contribution is 2.28. The Bertz CT molecular complexity index is 907. The van der Waals surface area contributed by atoms with Crippen molar-refractivity contribution >= 4 is 16.9 Å². The molecular weight excluding hydrogens is 328 g/mol. The fraction of sp³-hybridized carbons (Fsp3) is 0.350. The topological polar surface area (TPSA) is 60.2 Å². The normalized spacial score (nSPS) is 17.4. The minimum absolute atomic E-state index is 0.0114. The molecular formula is C20H22N4O2. The van der Waals surface area contributed by atoms with Gasteiger partial charge in [0.05, 0.1) is 17.2 Å². The van der Waals surface area contributed by atoms with Crippen molar-refractivity contribution in [1.29, 1.82) is 0 Å². The van der Waals surface area contributed by atoms with E-state index in [9.17, 15) is 4.79 Å². The third-order valence-corrected chi connectivity index (χ3v) is 4.96. The van der Waals surface area contributed by atoms with Crippen LogP contribution in [-0.2, 0) is 11.8 Å². The zero-order valence-electron chi connectivity index (χ0n) is 14.8. The van der Waals surface area contributed by atoms with Crippen LogP contribution < -0.4 is 4.74 Å². The van der Waals surface area contributed by atoms with Gasteiger partial charge in [-0.15, -0.1) is 0 Å². The standard InChI is InChI=1S/C20H22N4O2/c1-23-18-9-3-2-8-17(18)22-20(23)15-6-5-11-24(13-15)19(25)14-26-16-7-4-10-21-12-16/h2-4,7-10,12,15H,5-6,11,13-14H2,1H3/t15-/m1/s1. The predicted molar refractivity (Wildman–Crippen MR) is 99.0 cm³/mol. The fourth-order valence-electron chi connectivity index (χ4n) is 3.61. The van der Waals surface area contributed by atoms with Gasteiger partial charge in [0.2, 0.25) is 0 Å². The van der Waals surface area contributed by atoms with E-state index in [1.54, 1.807) is 24.5 Å².